The molecule has 1 rings (SSSR count). The van der Waals surface area contributed by atoms with Crippen molar-refractivity contribution in [3.63, 3.8) is 0 Å². The van der Waals surface area contributed by atoms with Crippen LogP contribution in [0.3, 0.4) is 0 Å². The molecule has 0 heterocycles. The summed E-state index contributed by atoms with van der Waals surface area (Å²) in [6.45, 7) is 7.32. The Balaban J connectivity index is 2.28. The fourth-order valence-electron chi connectivity index (χ4n) is 1.63. The minimum atomic E-state index is -0.149. The standard InChI is InChI=1S/C16H24INO3/c1-16(2,3)21-11-4-5-15(19)18-13-6-8-14(9-7-13)20-12-10-17/h6-9H,4-5,10-12H2,1-3H3,(H,18,19). The molecule has 0 saturated carbocycles. The first kappa shape index (κ1) is 18.2. The van der Waals surface area contributed by atoms with E-state index < -0.39 is 0 Å². The Hall–Kier alpha value is -0.820. The summed E-state index contributed by atoms with van der Waals surface area (Å²) in [5.74, 6) is 0.830. The lowest BCUT2D eigenvalue weighted by atomic mass is 10.2. The number of rotatable bonds is 8. The van der Waals surface area contributed by atoms with Crippen LogP contribution in [0.4, 0.5) is 5.69 Å². The van der Waals surface area contributed by atoms with Crippen LogP contribution in [0, 0.1) is 0 Å². The zero-order chi connectivity index (χ0) is 15.7. The number of hydrogen-bond acceptors (Lipinski definition) is 3. The van der Waals surface area contributed by atoms with Gasteiger partial charge in [-0.3, -0.25) is 4.79 Å². The number of halogens is 1. The van der Waals surface area contributed by atoms with E-state index in [0.717, 1.165) is 22.3 Å². The van der Waals surface area contributed by atoms with Crippen molar-refractivity contribution >= 4 is 34.2 Å². The van der Waals surface area contributed by atoms with Gasteiger partial charge in [-0.05, 0) is 51.5 Å². The maximum Gasteiger partial charge on any atom is 0.224 e. The van der Waals surface area contributed by atoms with Crippen molar-refractivity contribution in [1.29, 1.82) is 0 Å². The van der Waals surface area contributed by atoms with Crippen molar-refractivity contribution in [2.45, 2.75) is 39.2 Å². The molecule has 4 nitrogen and oxygen atoms in total. The molecule has 1 N–H and O–H groups in total. The smallest absolute Gasteiger partial charge is 0.224 e. The van der Waals surface area contributed by atoms with Crippen molar-refractivity contribution in [3.8, 4) is 5.75 Å². The highest BCUT2D eigenvalue weighted by molar-refractivity contribution is 14.1. The number of anilines is 1. The van der Waals surface area contributed by atoms with Crippen LogP contribution in [0.25, 0.3) is 0 Å². The van der Waals surface area contributed by atoms with Crippen LogP contribution in [0.15, 0.2) is 24.3 Å². The second kappa shape index (κ2) is 9.25. The molecule has 0 fully saturated rings. The molecule has 0 saturated heterocycles. The number of alkyl halides is 1. The molecule has 0 unspecified atom stereocenters. The molecule has 0 atom stereocenters. The second-order valence-corrected chi connectivity index (χ2v) is 6.75. The molecule has 0 aliphatic rings. The van der Waals surface area contributed by atoms with Crippen LogP contribution in [-0.2, 0) is 9.53 Å². The predicted octanol–water partition coefficient (Wildman–Crippen LogP) is 4.03. The Kier molecular flexibility index (Phi) is 8.03. The van der Waals surface area contributed by atoms with Crippen molar-refractivity contribution in [2.75, 3.05) is 23.0 Å². The molecular formula is C16H24INO3. The largest absolute Gasteiger partial charge is 0.493 e. The third kappa shape index (κ3) is 8.93. The molecule has 1 aromatic carbocycles. The Bertz CT molecular complexity index is 426. The van der Waals surface area contributed by atoms with Crippen LogP contribution in [-0.4, -0.2) is 29.1 Å². The van der Waals surface area contributed by atoms with Gasteiger partial charge in [0, 0.05) is 23.1 Å². The summed E-state index contributed by atoms with van der Waals surface area (Å²) in [7, 11) is 0. The van der Waals surface area contributed by atoms with E-state index in [4.69, 9.17) is 9.47 Å². The van der Waals surface area contributed by atoms with Crippen LogP contribution in [0.5, 0.6) is 5.75 Å². The van der Waals surface area contributed by atoms with Crippen molar-refractivity contribution in [3.05, 3.63) is 24.3 Å². The number of ether oxygens (including phenoxy) is 2. The van der Waals surface area contributed by atoms with E-state index >= 15 is 0 Å². The Morgan fingerprint density at radius 1 is 1.19 bits per heavy atom. The van der Waals surface area contributed by atoms with Gasteiger partial charge in [-0.25, -0.2) is 0 Å². The number of hydrogen-bond donors (Lipinski definition) is 1. The van der Waals surface area contributed by atoms with E-state index in [-0.39, 0.29) is 11.5 Å². The molecule has 0 radical (unpaired) electrons. The maximum atomic E-state index is 11.8. The minimum absolute atomic E-state index is 0.00781. The molecule has 118 valence electrons. The number of benzene rings is 1. The normalized spacial score (nSPS) is 11.2. The lowest BCUT2D eigenvalue weighted by Crippen LogP contribution is -2.20. The number of carbonyl (C=O) groups is 1. The number of amides is 1. The summed E-state index contributed by atoms with van der Waals surface area (Å²) in [5.41, 5.74) is 0.642. The van der Waals surface area contributed by atoms with Crippen LogP contribution < -0.4 is 10.1 Å². The first-order valence-corrected chi connectivity index (χ1v) is 8.66. The zero-order valence-corrected chi connectivity index (χ0v) is 15.1. The molecule has 0 bridgehead atoms. The third-order valence-electron chi connectivity index (χ3n) is 2.57. The van der Waals surface area contributed by atoms with Gasteiger partial charge in [-0.1, -0.05) is 22.6 Å². The van der Waals surface area contributed by atoms with Crippen LogP contribution in [0.1, 0.15) is 33.6 Å². The maximum absolute atomic E-state index is 11.8. The fraction of sp³-hybridized carbons (Fsp3) is 0.562. The molecule has 5 heteroatoms. The SMILES string of the molecule is CC(C)(C)OCCCC(=O)Nc1ccc(OCCI)cc1. The van der Waals surface area contributed by atoms with Gasteiger partial charge < -0.3 is 14.8 Å². The fourth-order valence-corrected chi connectivity index (χ4v) is 1.85. The molecule has 1 amide bonds. The summed E-state index contributed by atoms with van der Waals surface area (Å²) in [4.78, 5) is 11.8. The molecular weight excluding hydrogens is 381 g/mol. The molecule has 0 aliphatic carbocycles. The lowest BCUT2D eigenvalue weighted by Gasteiger charge is -2.19. The quantitative estimate of drug-likeness (QED) is 0.404. The zero-order valence-electron chi connectivity index (χ0n) is 12.9. The van der Waals surface area contributed by atoms with Crippen molar-refractivity contribution in [2.24, 2.45) is 0 Å². The van der Waals surface area contributed by atoms with E-state index in [1.165, 1.54) is 0 Å². The molecule has 1 aromatic rings. The minimum Gasteiger partial charge on any atom is -0.493 e. The van der Waals surface area contributed by atoms with Gasteiger partial charge in [-0.2, -0.15) is 0 Å². The molecule has 0 aliphatic heterocycles. The van der Waals surface area contributed by atoms with Gasteiger partial charge in [0.05, 0.1) is 12.2 Å². The predicted molar refractivity (Wildman–Crippen MR) is 94.4 cm³/mol. The van der Waals surface area contributed by atoms with Crippen molar-refractivity contribution < 1.29 is 14.3 Å². The highest BCUT2D eigenvalue weighted by Gasteiger charge is 2.10. The van der Waals surface area contributed by atoms with E-state index in [0.29, 0.717) is 19.6 Å². The van der Waals surface area contributed by atoms with E-state index in [9.17, 15) is 4.79 Å². The second-order valence-electron chi connectivity index (χ2n) is 5.67. The summed E-state index contributed by atoms with van der Waals surface area (Å²) in [6, 6.07) is 7.44. The molecule has 21 heavy (non-hydrogen) atoms. The van der Waals surface area contributed by atoms with Crippen LogP contribution >= 0.6 is 22.6 Å². The van der Waals surface area contributed by atoms with E-state index in [2.05, 4.69) is 27.9 Å². The van der Waals surface area contributed by atoms with Crippen LogP contribution in [0.2, 0.25) is 0 Å². The van der Waals surface area contributed by atoms with Gasteiger partial charge in [0.25, 0.3) is 0 Å². The van der Waals surface area contributed by atoms with Gasteiger partial charge in [0.15, 0.2) is 0 Å². The summed E-state index contributed by atoms with van der Waals surface area (Å²) >= 11 is 2.27. The Morgan fingerprint density at radius 3 is 2.43 bits per heavy atom. The van der Waals surface area contributed by atoms with Gasteiger partial charge in [-0.15, -0.1) is 0 Å². The summed E-state index contributed by atoms with van der Waals surface area (Å²) in [5, 5.41) is 2.87. The van der Waals surface area contributed by atoms with Gasteiger partial charge in [0.1, 0.15) is 5.75 Å². The highest BCUT2D eigenvalue weighted by Crippen LogP contribution is 2.16. The highest BCUT2D eigenvalue weighted by atomic mass is 127. The number of carbonyl (C=O) groups excluding carboxylic acids is 1. The van der Waals surface area contributed by atoms with E-state index in [1.54, 1.807) is 0 Å². The van der Waals surface area contributed by atoms with Gasteiger partial charge in [0.2, 0.25) is 5.91 Å². The first-order valence-electron chi connectivity index (χ1n) is 7.13. The Labute approximate surface area is 140 Å². The summed E-state index contributed by atoms with van der Waals surface area (Å²) in [6.07, 6.45) is 1.18. The summed E-state index contributed by atoms with van der Waals surface area (Å²) < 4.78 is 12.0. The molecule has 0 aromatic heterocycles. The first-order chi connectivity index (χ1) is 9.90. The lowest BCUT2D eigenvalue weighted by molar-refractivity contribution is -0.116. The van der Waals surface area contributed by atoms with Gasteiger partial charge >= 0.3 is 0 Å². The average Bonchev–Trinajstić information content (AvgIpc) is 2.42. The van der Waals surface area contributed by atoms with Crippen molar-refractivity contribution in [1.82, 2.24) is 0 Å². The monoisotopic (exact) mass is 405 g/mol. The number of nitrogens with one attached hydrogen (secondary N) is 1. The third-order valence-corrected chi connectivity index (χ3v) is 3.01. The van der Waals surface area contributed by atoms with E-state index in [1.807, 2.05) is 45.0 Å². The average molecular weight is 405 g/mol. The Morgan fingerprint density at radius 2 is 1.86 bits per heavy atom. The molecule has 0 spiro atoms. The topological polar surface area (TPSA) is 47.6 Å².